The third-order valence-electron chi connectivity index (χ3n) is 9.30. The smallest absolute Gasteiger partial charge is 0.392 e. The molecule has 7 nitrogen and oxygen atoms in total. The Kier molecular flexibility index (Phi) is 11.3. The number of ether oxygens (including phenoxy) is 2. The molecule has 2 aliphatic heterocycles. The summed E-state index contributed by atoms with van der Waals surface area (Å²) in [4.78, 5) is 26.6. The van der Waals surface area contributed by atoms with Crippen molar-refractivity contribution in [3.05, 3.63) is 125 Å². The van der Waals surface area contributed by atoms with E-state index in [1.807, 2.05) is 91.0 Å². The van der Waals surface area contributed by atoms with Crippen molar-refractivity contribution in [2.24, 2.45) is 5.92 Å². The lowest BCUT2D eigenvalue weighted by atomic mass is 9.91. The number of rotatable bonds is 10. The van der Waals surface area contributed by atoms with Gasteiger partial charge < -0.3 is 24.8 Å². The zero-order valence-electron chi connectivity index (χ0n) is 27.5. The largest absolute Gasteiger partial charge is 0.471 e. The van der Waals surface area contributed by atoms with E-state index >= 15 is 0 Å². The summed E-state index contributed by atoms with van der Waals surface area (Å²) >= 11 is 1.74. The second kappa shape index (κ2) is 15.8. The molecule has 2 heterocycles. The van der Waals surface area contributed by atoms with Crippen molar-refractivity contribution < 1.29 is 37.3 Å². The van der Waals surface area contributed by atoms with Gasteiger partial charge in [-0.25, -0.2) is 0 Å². The van der Waals surface area contributed by atoms with Gasteiger partial charge in [0.1, 0.15) is 6.04 Å². The first-order valence-corrected chi connectivity index (χ1v) is 17.6. The Balaban J connectivity index is 1.17. The molecule has 0 bridgehead atoms. The van der Waals surface area contributed by atoms with Gasteiger partial charge in [-0.15, -0.1) is 11.8 Å². The Morgan fingerprint density at radius 2 is 1.58 bits per heavy atom. The van der Waals surface area contributed by atoms with Crippen LogP contribution in [0.2, 0.25) is 0 Å². The lowest BCUT2D eigenvalue weighted by Gasteiger charge is -2.41. The summed E-state index contributed by atoms with van der Waals surface area (Å²) in [5.74, 6) is -1.81. The molecular formula is C39H39F3N2O5S. The van der Waals surface area contributed by atoms with Crippen LogP contribution in [0.3, 0.4) is 0 Å². The van der Waals surface area contributed by atoms with Gasteiger partial charge in [-0.1, -0.05) is 97.9 Å². The van der Waals surface area contributed by atoms with E-state index in [1.165, 1.54) is 0 Å². The number of nitrogens with one attached hydrogen (secondary N) is 1. The predicted molar refractivity (Wildman–Crippen MR) is 185 cm³/mol. The Morgan fingerprint density at radius 1 is 0.900 bits per heavy atom. The Labute approximate surface area is 293 Å². The van der Waals surface area contributed by atoms with Crippen LogP contribution in [0, 0.1) is 5.92 Å². The molecule has 2 amide bonds. The van der Waals surface area contributed by atoms with Gasteiger partial charge >= 0.3 is 12.1 Å². The summed E-state index contributed by atoms with van der Waals surface area (Å²) in [5.41, 5.74) is 5.19. The molecular weight excluding hydrogens is 665 g/mol. The zero-order valence-corrected chi connectivity index (χ0v) is 28.3. The molecule has 11 heteroatoms. The molecule has 0 saturated carbocycles. The van der Waals surface area contributed by atoms with Crippen LogP contribution in [0.4, 0.5) is 13.2 Å². The summed E-state index contributed by atoms with van der Waals surface area (Å²) in [6.45, 7) is 2.09. The van der Waals surface area contributed by atoms with Crippen molar-refractivity contribution in [3.8, 4) is 11.1 Å². The van der Waals surface area contributed by atoms with Gasteiger partial charge in [0, 0.05) is 35.2 Å². The summed E-state index contributed by atoms with van der Waals surface area (Å²) < 4.78 is 52.5. The Hall–Kier alpha value is -4.16. The maximum Gasteiger partial charge on any atom is 0.471 e. The molecule has 2 N–H and O–H groups in total. The zero-order chi connectivity index (χ0) is 35.3. The number of nitrogens with zero attached hydrogens (tertiary/aromatic N) is 1. The van der Waals surface area contributed by atoms with E-state index in [4.69, 9.17) is 9.47 Å². The number of aliphatic hydroxyl groups is 1. The van der Waals surface area contributed by atoms with Crippen molar-refractivity contribution in [1.82, 2.24) is 10.2 Å². The maximum atomic E-state index is 13.1. The topological polar surface area (TPSA) is 88.1 Å². The molecule has 50 heavy (non-hydrogen) atoms. The van der Waals surface area contributed by atoms with Crippen molar-refractivity contribution in [2.45, 2.75) is 68.5 Å². The van der Waals surface area contributed by atoms with E-state index in [1.54, 1.807) is 11.8 Å². The molecule has 4 aromatic rings. The van der Waals surface area contributed by atoms with Gasteiger partial charge in [0.25, 0.3) is 0 Å². The average Bonchev–Trinajstić information content (AvgIpc) is 3.63. The first-order valence-electron chi connectivity index (χ1n) is 16.6. The third kappa shape index (κ3) is 8.24. The van der Waals surface area contributed by atoms with Gasteiger partial charge in [-0.3, -0.25) is 9.59 Å². The van der Waals surface area contributed by atoms with E-state index in [0.29, 0.717) is 11.3 Å². The monoisotopic (exact) mass is 704 g/mol. The lowest BCUT2D eigenvalue weighted by Crippen LogP contribution is -2.50. The Morgan fingerprint density at radius 3 is 2.28 bits per heavy atom. The van der Waals surface area contributed by atoms with E-state index in [9.17, 15) is 27.9 Å². The molecule has 4 aromatic carbocycles. The number of likely N-dealkylation sites (tertiary alicyclic amines) is 1. The summed E-state index contributed by atoms with van der Waals surface area (Å²) in [5, 5.41) is 12.3. The van der Waals surface area contributed by atoms with Crippen LogP contribution in [-0.4, -0.2) is 52.4 Å². The van der Waals surface area contributed by atoms with Crippen LogP contribution < -0.4 is 5.32 Å². The highest BCUT2D eigenvalue weighted by Gasteiger charge is 2.47. The normalized spacial score (nSPS) is 22.3. The highest BCUT2D eigenvalue weighted by molar-refractivity contribution is 7.99. The van der Waals surface area contributed by atoms with Crippen LogP contribution >= 0.6 is 11.8 Å². The number of alkyl halides is 3. The Bertz CT molecular complexity index is 1750. The standard InChI is InChI=1S/C39H39F3N2O5S/c1-25-34(24-50-31-9-3-2-4-10-31)48-37(49-35(25)28-15-13-26(23-45)14-16-28)29-19-17-27(18-20-29)32-11-6-5-8-30(32)22-43-36(46)33-12-7-21-44(33)38(47)39(40,41)42/h2-6,8-11,13-20,25,33-35,37,45H,7,12,21-24H2,1H3,(H,43,46). The second-order valence-electron chi connectivity index (χ2n) is 12.6. The molecule has 2 saturated heterocycles. The number of amides is 2. The van der Waals surface area contributed by atoms with E-state index in [-0.39, 0.29) is 44.2 Å². The number of thioether (sulfide) groups is 1. The summed E-state index contributed by atoms with van der Waals surface area (Å²) in [6.07, 6.45) is -5.50. The minimum absolute atomic E-state index is 0.0344. The van der Waals surface area contributed by atoms with Gasteiger partial charge in [-0.2, -0.15) is 13.2 Å². The molecule has 262 valence electrons. The number of hydrogen-bond acceptors (Lipinski definition) is 6. The molecule has 6 rings (SSSR count). The van der Waals surface area contributed by atoms with Gasteiger partial charge in [0.05, 0.1) is 18.8 Å². The molecule has 2 fully saturated rings. The van der Waals surface area contributed by atoms with Gasteiger partial charge in [0.15, 0.2) is 6.29 Å². The van der Waals surface area contributed by atoms with Gasteiger partial charge in [0.2, 0.25) is 5.91 Å². The second-order valence-corrected chi connectivity index (χ2v) is 13.7. The fourth-order valence-corrected chi connectivity index (χ4v) is 7.61. The van der Waals surface area contributed by atoms with E-state index in [2.05, 4.69) is 24.4 Å². The molecule has 5 atom stereocenters. The van der Waals surface area contributed by atoms with Crippen molar-refractivity contribution >= 4 is 23.6 Å². The van der Waals surface area contributed by atoms with Crippen molar-refractivity contribution in [2.75, 3.05) is 12.3 Å². The molecule has 0 aliphatic carbocycles. The molecule has 2 aliphatic rings. The van der Waals surface area contributed by atoms with Crippen LogP contribution in [0.1, 0.15) is 54.4 Å². The first kappa shape index (κ1) is 35.7. The quantitative estimate of drug-likeness (QED) is 0.166. The number of aliphatic hydroxyl groups excluding tert-OH is 1. The minimum Gasteiger partial charge on any atom is -0.392 e. The van der Waals surface area contributed by atoms with E-state index in [0.717, 1.165) is 44.0 Å². The van der Waals surface area contributed by atoms with Crippen molar-refractivity contribution in [1.29, 1.82) is 0 Å². The highest BCUT2D eigenvalue weighted by Crippen LogP contribution is 2.43. The number of carbonyl (C=O) groups excluding carboxylic acids is 2. The van der Waals surface area contributed by atoms with Crippen LogP contribution in [0.25, 0.3) is 11.1 Å². The SMILES string of the molecule is CC1C(CSc2ccccc2)OC(c2ccc(-c3ccccc3CNC(=O)C3CCCN3C(=O)C(F)(F)F)cc2)OC1c1ccc(CO)cc1. The number of halogens is 3. The third-order valence-corrected chi connectivity index (χ3v) is 10.4. The average molecular weight is 705 g/mol. The molecule has 0 aromatic heterocycles. The predicted octanol–water partition coefficient (Wildman–Crippen LogP) is 7.60. The van der Waals surface area contributed by atoms with Gasteiger partial charge in [-0.05, 0) is 52.8 Å². The van der Waals surface area contributed by atoms with Crippen LogP contribution in [-0.2, 0) is 32.2 Å². The molecule has 5 unspecified atom stereocenters. The lowest BCUT2D eigenvalue weighted by molar-refractivity contribution is -0.268. The number of carbonyl (C=O) groups is 2. The molecule has 0 spiro atoms. The van der Waals surface area contributed by atoms with Crippen LogP contribution in [0.5, 0.6) is 0 Å². The maximum absolute atomic E-state index is 13.1. The summed E-state index contributed by atoms with van der Waals surface area (Å²) in [6, 6.07) is 32.2. The number of benzene rings is 4. The fraction of sp³-hybridized carbons (Fsp3) is 0.333. The first-order chi connectivity index (χ1) is 24.1. The minimum atomic E-state index is -5.03. The molecule has 0 radical (unpaired) electrons. The number of hydrogen-bond donors (Lipinski definition) is 2. The van der Waals surface area contributed by atoms with Crippen LogP contribution in [0.15, 0.2) is 108 Å². The highest BCUT2D eigenvalue weighted by atomic mass is 32.2. The van der Waals surface area contributed by atoms with Crippen molar-refractivity contribution in [3.63, 3.8) is 0 Å². The fourth-order valence-electron chi connectivity index (χ4n) is 6.53. The summed E-state index contributed by atoms with van der Waals surface area (Å²) in [7, 11) is 0. The van der Waals surface area contributed by atoms with E-state index < -0.39 is 30.3 Å².